The van der Waals surface area contributed by atoms with Gasteiger partial charge in [-0.25, -0.2) is 0 Å². The van der Waals surface area contributed by atoms with E-state index in [1.54, 1.807) is 0 Å². The van der Waals surface area contributed by atoms with Crippen LogP contribution >= 0.6 is 15.9 Å². The Morgan fingerprint density at radius 1 is 1.29 bits per heavy atom. The van der Waals surface area contributed by atoms with E-state index in [-0.39, 0.29) is 6.04 Å². The molecule has 1 aromatic heterocycles. The minimum atomic E-state index is 0.165. The van der Waals surface area contributed by atoms with Gasteiger partial charge in [0.05, 0.1) is 22.4 Å². The van der Waals surface area contributed by atoms with Crippen molar-refractivity contribution in [2.45, 2.75) is 46.7 Å². The van der Waals surface area contributed by atoms with Crippen LogP contribution in [-0.2, 0) is 6.54 Å². The van der Waals surface area contributed by atoms with Crippen LogP contribution in [-0.4, -0.2) is 16.3 Å². The predicted molar refractivity (Wildman–Crippen MR) is 91.7 cm³/mol. The number of hydrogen-bond donors (Lipinski definition) is 1. The molecular weight excluding hydrogens is 326 g/mol. The minimum absolute atomic E-state index is 0.165. The van der Waals surface area contributed by atoms with Gasteiger partial charge in [0, 0.05) is 6.54 Å². The maximum absolute atomic E-state index is 4.52. The summed E-state index contributed by atoms with van der Waals surface area (Å²) in [5.74, 6) is 0. The lowest BCUT2D eigenvalue weighted by Gasteiger charge is -2.23. The van der Waals surface area contributed by atoms with Crippen LogP contribution in [0.15, 0.2) is 28.9 Å². The van der Waals surface area contributed by atoms with Crippen molar-refractivity contribution in [1.82, 2.24) is 15.1 Å². The van der Waals surface area contributed by atoms with E-state index in [9.17, 15) is 0 Å². The van der Waals surface area contributed by atoms with Crippen LogP contribution in [0.4, 0.5) is 0 Å². The van der Waals surface area contributed by atoms with Crippen molar-refractivity contribution in [2.24, 2.45) is 0 Å². The van der Waals surface area contributed by atoms with Crippen LogP contribution in [0, 0.1) is 13.8 Å². The first-order chi connectivity index (χ1) is 10.1. The van der Waals surface area contributed by atoms with E-state index in [1.165, 1.54) is 22.4 Å². The quantitative estimate of drug-likeness (QED) is 0.838. The molecule has 0 saturated heterocycles. The molecule has 1 N–H and O–H groups in total. The number of hydrogen-bond acceptors (Lipinski definition) is 2. The fourth-order valence-corrected chi connectivity index (χ4v) is 3.22. The Morgan fingerprint density at radius 2 is 2.05 bits per heavy atom. The molecule has 0 fully saturated rings. The van der Waals surface area contributed by atoms with Gasteiger partial charge in [-0.3, -0.25) is 4.68 Å². The molecule has 1 unspecified atom stereocenters. The molecule has 1 atom stereocenters. The van der Waals surface area contributed by atoms with Crippen molar-refractivity contribution in [1.29, 1.82) is 0 Å². The number of aromatic nitrogens is 2. The van der Waals surface area contributed by atoms with Crippen molar-refractivity contribution in [2.75, 3.05) is 6.54 Å². The standard InChI is InChI=1S/C17H24BrN3/c1-5-10-21-17(15(18)11-20-21)16(19-6-2)14-9-7-8-12(3)13(14)4/h7-9,11,16,19H,5-6,10H2,1-4H3. The normalized spacial score (nSPS) is 12.6. The number of rotatable bonds is 6. The van der Waals surface area contributed by atoms with E-state index >= 15 is 0 Å². The molecule has 3 nitrogen and oxygen atoms in total. The van der Waals surface area contributed by atoms with Crippen molar-refractivity contribution in [3.63, 3.8) is 0 Å². The van der Waals surface area contributed by atoms with Gasteiger partial charge >= 0.3 is 0 Å². The zero-order chi connectivity index (χ0) is 15.4. The smallest absolute Gasteiger partial charge is 0.0762 e. The monoisotopic (exact) mass is 349 g/mol. The zero-order valence-corrected chi connectivity index (χ0v) is 14.9. The first-order valence-electron chi connectivity index (χ1n) is 7.60. The first-order valence-corrected chi connectivity index (χ1v) is 8.40. The van der Waals surface area contributed by atoms with Gasteiger partial charge < -0.3 is 5.32 Å². The summed E-state index contributed by atoms with van der Waals surface area (Å²) in [7, 11) is 0. The van der Waals surface area contributed by atoms with Crippen LogP contribution in [0.2, 0.25) is 0 Å². The predicted octanol–water partition coefficient (Wildman–Crippen LogP) is 4.37. The molecule has 0 radical (unpaired) electrons. The first kappa shape index (κ1) is 16.2. The molecule has 0 amide bonds. The number of aryl methyl sites for hydroxylation is 2. The van der Waals surface area contributed by atoms with Gasteiger partial charge in [0.25, 0.3) is 0 Å². The minimum Gasteiger partial charge on any atom is -0.305 e. The van der Waals surface area contributed by atoms with Crippen LogP contribution in [0.25, 0.3) is 0 Å². The maximum atomic E-state index is 4.52. The van der Waals surface area contributed by atoms with Crippen LogP contribution in [0.3, 0.4) is 0 Å². The average Bonchev–Trinajstić information content (AvgIpc) is 2.81. The third-order valence-electron chi connectivity index (χ3n) is 3.91. The number of nitrogens with zero attached hydrogens (tertiary/aromatic N) is 2. The second-order valence-electron chi connectivity index (χ2n) is 5.38. The summed E-state index contributed by atoms with van der Waals surface area (Å²) in [6.45, 7) is 10.5. The lowest BCUT2D eigenvalue weighted by Crippen LogP contribution is -2.26. The van der Waals surface area contributed by atoms with Crippen molar-refractivity contribution >= 4 is 15.9 Å². The molecule has 21 heavy (non-hydrogen) atoms. The van der Waals surface area contributed by atoms with Gasteiger partial charge in [0.1, 0.15) is 0 Å². The fourth-order valence-electron chi connectivity index (χ4n) is 2.69. The highest BCUT2D eigenvalue weighted by molar-refractivity contribution is 9.10. The van der Waals surface area contributed by atoms with Crippen LogP contribution in [0.5, 0.6) is 0 Å². The molecule has 0 spiro atoms. The third kappa shape index (κ3) is 3.38. The van der Waals surface area contributed by atoms with Crippen LogP contribution < -0.4 is 5.32 Å². The molecule has 2 aromatic rings. The van der Waals surface area contributed by atoms with E-state index in [0.717, 1.165) is 24.0 Å². The molecule has 4 heteroatoms. The van der Waals surface area contributed by atoms with Gasteiger partial charge in [-0.1, -0.05) is 32.0 Å². The Labute approximate surface area is 135 Å². The highest BCUT2D eigenvalue weighted by Gasteiger charge is 2.22. The van der Waals surface area contributed by atoms with Crippen LogP contribution in [0.1, 0.15) is 48.7 Å². The van der Waals surface area contributed by atoms with E-state index in [0.29, 0.717) is 0 Å². The molecule has 1 aromatic carbocycles. The van der Waals surface area contributed by atoms with Crippen molar-refractivity contribution in [3.05, 3.63) is 51.3 Å². The van der Waals surface area contributed by atoms with Crippen molar-refractivity contribution < 1.29 is 0 Å². The second kappa shape index (κ2) is 7.23. The third-order valence-corrected chi connectivity index (χ3v) is 4.52. The Bertz CT molecular complexity index is 604. The molecule has 0 bridgehead atoms. The fraction of sp³-hybridized carbons (Fsp3) is 0.471. The summed E-state index contributed by atoms with van der Waals surface area (Å²) in [6.07, 6.45) is 2.98. The summed E-state index contributed by atoms with van der Waals surface area (Å²) >= 11 is 3.67. The number of benzene rings is 1. The Morgan fingerprint density at radius 3 is 2.71 bits per heavy atom. The van der Waals surface area contributed by atoms with Gasteiger partial charge in [-0.2, -0.15) is 5.10 Å². The summed E-state index contributed by atoms with van der Waals surface area (Å²) in [5, 5.41) is 8.13. The Hall–Kier alpha value is -1.13. The lowest BCUT2D eigenvalue weighted by atomic mass is 9.95. The van der Waals surface area contributed by atoms with Crippen molar-refractivity contribution in [3.8, 4) is 0 Å². The topological polar surface area (TPSA) is 29.9 Å². The number of nitrogens with one attached hydrogen (secondary N) is 1. The van der Waals surface area contributed by atoms with Gasteiger partial charge in [-0.05, 0) is 59.4 Å². The molecule has 0 aliphatic carbocycles. The highest BCUT2D eigenvalue weighted by atomic mass is 79.9. The largest absolute Gasteiger partial charge is 0.305 e. The van der Waals surface area contributed by atoms with Gasteiger partial charge in [-0.15, -0.1) is 0 Å². The SMILES string of the molecule is CCCn1ncc(Br)c1C(NCC)c1cccc(C)c1C. The average molecular weight is 350 g/mol. The maximum Gasteiger partial charge on any atom is 0.0762 e. The molecular formula is C17H24BrN3. The number of halogens is 1. The summed E-state index contributed by atoms with van der Waals surface area (Å²) in [6, 6.07) is 6.68. The molecule has 0 saturated carbocycles. The van der Waals surface area contributed by atoms with E-state index in [1.807, 2.05) is 6.20 Å². The molecule has 0 aliphatic heterocycles. The van der Waals surface area contributed by atoms with E-state index in [2.05, 4.69) is 76.9 Å². The Balaban J connectivity index is 2.53. The lowest BCUT2D eigenvalue weighted by molar-refractivity contribution is 0.518. The summed E-state index contributed by atoms with van der Waals surface area (Å²) in [4.78, 5) is 0. The molecule has 114 valence electrons. The van der Waals surface area contributed by atoms with Gasteiger partial charge in [0.15, 0.2) is 0 Å². The van der Waals surface area contributed by atoms with E-state index < -0.39 is 0 Å². The molecule has 1 heterocycles. The highest BCUT2D eigenvalue weighted by Crippen LogP contribution is 2.31. The van der Waals surface area contributed by atoms with Gasteiger partial charge in [0.2, 0.25) is 0 Å². The summed E-state index contributed by atoms with van der Waals surface area (Å²) < 4.78 is 3.18. The Kier molecular flexibility index (Phi) is 5.59. The zero-order valence-electron chi connectivity index (χ0n) is 13.3. The van der Waals surface area contributed by atoms with E-state index in [4.69, 9.17) is 0 Å². The molecule has 0 aliphatic rings. The molecule has 2 rings (SSSR count). The second-order valence-corrected chi connectivity index (χ2v) is 6.24. The summed E-state index contributed by atoms with van der Waals surface area (Å²) in [5.41, 5.74) is 5.22.